The van der Waals surface area contributed by atoms with Crippen LogP contribution in [0.3, 0.4) is 0 Å². The van der Waals surface area contributed by atoms with E-state index in [-0.39, 0.29) is 11.3 Å². The van der Waals surface area contributed by atoms with Gasteiger partial charge in [-0.15, -0.1) is 0 Å². The topological polar surface area (TPSA) is 145 Å². The van der Waals surface area contributed by atoms with Gasteiger partial charge in [-0.25, -0.2) is 0 Å². The molecule has 0 aliphatic heterocycles. The van der Waals surface area contributed by atoms with Crippen molar-refractivity contribution in [3.63, 3.8) is 0 Å². The summed E-state index contributed by atoms with van der Waals surface area (Å²) in [5, 5.41) is 0.000000000000000222. The van der Waals surface area contributed by atoms with Crippen molar-refractivity contribution in [3.05, 3.63) is 0 Å². The Balaban J connectivity index is -0.0000000720. The molecule has 0 amide bonds. The second-order valence-electron chi connectivity index (χ2n) is 0.633. The van der Waals surface area contributed by atoms with Crippen molar-refractivity contribution in [3.8, 4) is 0 Å². The molecule has 6 nitrogen and oxygen atoms in total. The summed E-state index contributed by atoms with van der Waals surface area (Å²) in [5.74, 6) is 0. The summed E-state index contributed by atoms with van der Waals surface area (Å²) >= 11 is 1.48. The van der Waals surface area contributed by atoms with Crippen LogP contribution >= 0.6 is 12.2 Å². The molecule has 0 heterocycles. The van der Waals surface area contributed by atoms with Gasteiger partial charge in [0, 0.05) is 0 Å². The van der Waals surface area contributed by atoms with Crippen LogP contribution in [0.1, 0.15) is 0 Å². The van der Waals surface area contributed by atoms with E-state index in [4.69, 9.17) is 13.3 Å². The molecule has 9 N–H and O–H groups in total. The highest BCUT2D eigenvalue weighted by atomic mass is 32.2. The van der Waals surface area contributed by atoms with Crippen LogP contribution < -0.4 is 17.6 Å². The lowest BCUT2D eigenvalue weighted by Gasteiger charge is -1.68. The van der Waals surface area contributed by atoms with Crippen molar-refractivity contribution in [1.82, 2.24) is 6.15 Å². The van der Waals surface area contributed by atoms with Gasteiger partial charge in [0.15, 0.2) is 5.11 Å². The molecule has 0 saturated heterocycles. The molecule has 8 heteroatoms. The van der Waals surface area contributed by atoms with E-state index in [2.05, 4.69) is 23.7 Å². The van der Waals surface area contributed by atoms with Crippen LogP contribution in [-0.4, -0.2) is 18.4 Å². The van der Waals surface area contributed by atoms with Gasteiger partial charge in [0.05, 0.1) is 0 Å². The normalized spacial score (nSPS) is 6.56. The Morgan fingerprint density at radius 2 is 1.44 bits per heavy atom. The fourth-order valence-electron chi connectivity index (χ4n) is 0. The fraction of sp³-hybridized carbons (Fsp3) is 0. The van der Waals surface area contributed by atoms with Crippen molar-refractivity contribution in [2.75, 3.05) is 0 Å². The molecule has 0 unspecified atom stereocenters. The van der Waals surface area contributed by atoms with Crippen molar-refractivity contribution in [2.45, 2.75) is 0 Å². The van der Waals surface area contributed by atoms with Gasteiger partial charge in [-0.2, -0.15) is 4.21 Å². The predicted octanol–water partition coefficient (Wildman–Crippen LogP) is -0.968. The van der Waals surface area contributed by atoms with E-state index >= 15 is 0 Å². The van der Waals surface area contributed by atoms with E-state index in [1.54, 1.807) is 0 Å². The zero-order valence-electron chi connectivity index (χ0n) is 4.48. The summed E-state index contributed by atoms with van der Waals surface area (Å²) < 4.78 is 22.8. The Hall–Kier alpha value is -0.280. The molecule has 58 valence electrons. The van der Waals surface area contributed by atoms with E-state index in [0.29, 0.717) is 0 Å². The van der Waals surface area contributed by atoms with Crippen LogP contribution in [0.5, 0.6) is 0 Å². The van der Waals surface area contributed by atoms with E-state index in [9.17, 15) is 0 Å². The van der Waals surface area contributed by atoms with Gasteiger partial charge in [-0.1, -0.05) is 0 Å². The van der Waals surface area contributed by atoms with Crippen molar-refractivity contribution >= 4 is 28.7 Å². The minimum Gasteiger partial charge on any atom is -0.377 e. The molecule has 0 saturated carbocycles. The molecule has 0 fully saturated rings. The first-order valence-corrected chi connectivity index (χ1v) is 2.79. The number of thiocarbonyl (C=S) groups is 1. The van der Waals surface area contributed by atoms with Crippen LogP contribution in [-0.2, 0) is 11.4 Å². The van der Waals surface area contributed by atoms with E-state index < -0.39 is 11.4 Å². The van der Waals surface area contributed by atoms with Crippen molar-refractivity contribution in [2.24, 2.45) is 11.5 Å². The average Bonchev–Trinajstić information content (AvgIpc) is 1.25. The van der Waals surface area contributed by atoms with E-state index in [1.165, 1.54) is 0 Å². The Labute approximate surface area is 60.3 Å². The first-order chi connectivity index (χ1) is 3.46. The molecule has 0 atom stereocenters. The van der Waals surface area contributed by atoms with Crippen LogP contribution in [0.15, 0.2) is 0 Å². The third-order valence-corrected chi connectivity index (χ3v) is 0. The highest BCUT2D eigenvalue weighted by molar-refractivity contribution is 7.80. The minimum absolute atomic E-state index is 0. The first-order valence-electron chi connectivity index (χ1n) is 1.31. The lowest BCUT2D eigenvalue weighted by molar-refractivity contribution is 0.454. The van der Waals surface area contributed by atoms with E-state index in [0.717, 1.165) is 0 Å². The summed E-state index contributed by atoms with van der Waals surface area (Å²) in [7, 11) is 0. The molecule has 0 rings (SSSR count). The van der Waals surface area contributed by atoms with Gasteiger partial charge >= 0.3 is 0 Å². The van der Waals surface area contributed by atoms with Crippen molar-refractivity contribution in [1.29, 1.82) is 0 Å². The van der Waals surface area contributed by atoms with E-state index in [1.807, 2.05) is 0 Å². The molecule has 0 aliphatic rings. The maximum Gasteiger partial charge on any atom is 0.299 e. The first kappa shape index (κ1) is 15.9. The predicted molar refractivity (Wildman–Crippen MR) is 39.4 cm³/mol. The van der Waals surface area contributed by atoms with Crippen LogP contribution in [0.25, 0.3) is 0 Å². The molecule has 0 spiro atoms. The zero-order valence-corrected chi connectivity index (χ0v) is 6.11. The summed E-state index contributed by atoms with van der Waals surface area (Å²) in [4.78, 5) is 0. The molecule has 9 heavy (non-hydrogen) atoms. The smallest absolute Gasteiger partial charge is 0.299 e. The maximum absolute atomic E-state index is 8.67. The molecule has 0 aliphatic carbocycles. The SMILES string of the molecule is N.NC(N)=S.O=S(O)O. The van der Waals surface area contributed by atoms with Gasteiger partial charge in [0.25, 0.3) is 11.4 Å². The lowest BCUT2D eigenvalue weighted by Crippen LogP contribution is -2.18. The molecule has 0 aromatic carbocycles. The van der Waals surface area contributed by atoms with Crippen LogP contribution in [0.2, 0.25) is 0 Å². The zero-order chi connectivity index (χ0) is 7.15. The number of hydrogen-bond acceptors (Lipinski definition) is 3. The minimum atomic E-state index is -2.61. The van der Waals surface area contributed by atoms with Gasteiger partial charge in [0.2, 0.25) is 0 Å². The monoisotopic (exact) mass is 175 g/mol. The molecular weight excluding hydrogens is 166 g/mol. The lowest BCUT2D eigenvalue weighted by atomic mass is 11.3. The Morgan fingerprint density at radius 1 is 1.44 bits per heavy atom. The third-order valence-electron chi connectivity index (χ3n) is 0. The number of rotatable bonds is 0. The molecule has 0 radical (unpaired) electrons. The largest absolute Gasteiger partial charge is 0.377 e. The second kappa shape index (κ2) is 10.7. The molecular formula is CH9N3O3S2. The summed E-state index contributed by atoms with van der Waals surface area (Å²) in [6, 6.07) is 0. The number of hydrogen-bond donors (Lipinski definition) is 5. The Bertz CT molecular complexity index is 75.1. The highest BCUT2D eigenvalue weighted by Crippen LogP contribution is 1.44. The quantitative estimate of drug-likeness (QED) is 0.235. The van der Waals surface area contributed by atoms with Gasteiger partial charge < -0.3 is 17.6 Å². The summed E-state index contributed by atoms with van der Waals surface area (Å²) in [5.41, 5.74) is 9.24. The fourth-order valence-corrected chi connectivity index (χ4v) is 0. The van der Waals surface area contributed by atoms with Crippen LogP contribution in [0, 0.1) is 0 Å². The third kappa shape index (κ3) is 3220. The molecule has 0 bridgehead atoms. The van der Waals surface area contributed by atoms with Crippen molar-refractivity contribution < 1.29 is 13.3 Å². The maximum atomic E-state index is 8.67. The Morgan fingerprint density at radius 3 is 1.44 bits per heavy atom. The standard InChI is InChI=1S/CH4N2S.H3N.H2O3S/c2-1(3)4;;1-4(2)3/h(H4,2,3,4);1H3;(H2,1,2,3). The average molecular weight is 175 g/mol. The van der Waals surface area contributed by atoms with Gasteiger partial charge in [-0.05, 0) is 12.2 Å². The van der Waals surface area contributed by atoms with Crippen LogP contribution in [0.4, 0.5) is 0 Å². The van der Waals surface area contributed by atoms with Gasteiger partial charge in [-0.3, -0.25) is 9.11 Å². The highest BCUT2D eigenvalue weighted by Gasteiger charge is 1.62. The molecule has 0 aromatic rings. The molecule has 0 aromatic heterocycles. The summed E-state index contributed by atoms with van der Waals surface area (Å²) in [6.45, 7) is 0. The number of nitrogens with two attached hydrogens (primary N) is 2. The second-order valence-corrected chi connectivity index (χ2v) is 1.57. The Kier molecular flexibility index (Phi) is 18.8. The summed E-state index contributed by atoms with van der Waals surface area (Å²) in [6.07, 6.45) is 0. The van der Waals surface area contributed by atoms with Gasteiger partial charge in [0.1, 0.15) is 0 Å².